The molecule has 0 unspecified atom stereocenters. The summed E-state index contributed by atoms with van der Waals surface area (Å²) in [5.41, 5.74) is 0. The van der Waals surface area contributed by atoms with Crippen molar-refractivity contribution in [2.24, 2.45) is 5.92 Å². The lowest BCUT2D eigenvalue weighted by Gasteiger charge is -2.30. The van der Waals surface area contributed by atoms with Gasteiger partial charge in [-0.25, -0.2) is 0 Å². The molecule has 100 valence electrons. The van der Waals surface area contributed by atoms with E-state index in [9.17, 15) is 18.0 Å². The van der Waals surface area contributed by atoms with E-state index >= 15 is 0 Å². The van der Waals surface area contributed by atoms with Crippen molar-refractivity contribution in [2.45, 2.75) is 50.7 Å². The first-order valence-electron chi connectivity index (χ1n) is 5.91. The summed E-state index contributed by atoms with van der Waals surface area (Å²) in [6.07, 6.45) is -2.03. The summed E-state index contributed by atoms with van der Waals surface area (Å²) < 4.78 is 37.1. The molecule has 0 amide bonds. The molecule has 0 radical (unpaired) electrons. The molecule has 2 N–H and O–H groups in total. The van der Waals surface area contributed by atoms with E-state index in [2.05, 4.69) is 5.32 Å². The zero-order valence-electron chi connectivity index (χ0n) is 9.59. The molecule has 3 nitrogen and oxygen atoms in total. The molecule has 0 spiro atoms. The standard InChI is InChI=1S/C11H18F3NO2/c12-11(13,14)8-3-5-9(6-4-8)15-7-1-2-10(16)17/h8-9,15H,1-7H2,(H,16,17). The van der Waals surface area contributed by atoms with Gasteiger partial charge in [-0.3, -0.25) is 4.79 Å². The highest BCUT2D eigenvalue weighted by atomic mass is 19.4. The highest BCUT2D eigenvalue weighted by molar-refractivity contribution is 5.66. The van der Waals surface area contributed by atoms with Crippen molar-refractivity contribution in [1.29, 1.82) is 0 Å². The summed E-state index contributed by atoms with van der Waals surface area (Å²) in [6.45, 7) is 0.563. The third-order valence-corrected chi connectivity index (χ3v) is 3.19. The molecule has 0 aliphatic heterocycles. The van der Waals surface area contributed by atoms with E-state index < -0.39 is 18.1 Å². The maximum Gasteiger partial charge on any atom is 0.391 e. The van der Waals surface area contributed by atoms with Crippen molar-refractivity contribution in [3.63, 3.8) is 0 Å². The Morgan fingerprint density at radius 2 is 1.82 bits per heavy atom. The van der Waals surface area contributed by atoms with Gasteiger partial charge < -0.3 is 10.4 Å². The molecule has 1 saturated carbocycles. The molecule has 17 heavy (non-hydrogen) atoms. The lowest BCUT2D eigenvalue weighted by atomic mass is 9.85. The fourth-order valence-electron chi connectivity index (χ4n) is 2.17. The van der Waals surface area contributed by atoms with Crippen molar-refractivity contribution < 1.29 is 23.1 Å². The number of carbonyl (C=O) groups is 1. The second kappa shape index (κ2) is 6.23. The third-order valence-electron chi connectivity index (χ3n) is 3.19. The number of hydrogen-bond donors (Lipinski definition) is 2. The molecule has 1 rings (SSSR count). The predicted molar refractivity (Wildman–Crippen MR) is 56.7 cm³/mol. The largest absolute Gasteiger partial charge is 0.481 e. The Hall–Kier alpha value is -0.780. The molecule has 0 bridgehead atoms. The van der Waals surface area contributed by atoms with Crippen LogP contribution in [0.1, 0.15) is 38.5 Å². The number of nitrogens with one attached hydrogen (secondary N) is 1. The third kappa shape index (κ3) is 5.39. The van der Waals surface area contributed by atoms with Crippen LogP contribution < -0.4 is 5.32 Å². The second-order valence-electron chi connectivity index (χ2n) is 4.54. The molecule has 0 aromatic rings. The van der Waals surface area contributed by atoms with Gasteiger partial charge in [-0.1, -0.05) is 0 Å². The van der Waals surface area contributed by atoms with Crippen LogP contribution >= 0.6 is 0 Å². The average Bonchev–Trinajstić information content (AvgIpc) is 2.23. The van der Waals surface area contributed by atoms with Crippen molar-refractivity contribution in [3.8, 4) is 0 Å². The lowest BCUT2D eigenvalue weighted by molar-refractivity contribution is -0.182. The fraction of sp³-hybridized carbons (Fsp3) is 0.909. The molecule has 1 aliphatic rings. The Bertz CT molecular complexity index is 248. The van der Waals surface area contributed by atoms with Gasteiger partial charge in [0.1, 0.15) is 0 Å². The number of carboxylic acid groups (broad SMARTS) is 1. The Kier molecular flexibility index (Phi) is 5.24. The maximum atomic E-state index is 12.4. The van der Waals surface area contributed by atoms with E-state index in [-0.39, 0.29) is 25.3 Å². The molecule has 1 fully saturated rings. The predicted octanol–water partition coefficient (Wildman–Crippen LogP) is 2.56. The second-order valence-corrected chi connectivity index (χ2v) is 4.54. The molecule has 0 saturated heterocycles. The van der Waals surface area contributed by atoms with Crippen molar-refractivity contribution in [1.82, 2.24) is 5.32 Å². The highest BCUT2D eigenvalue weighted by Gasteiger charge is 2.41. The Balaban J connectivity index is 2.13. The van der Waals surface area contributed by atoms with Gasteiger partial charge in [-0.2, -0.15) is 13.2 Å². The van der Waals surface area contributed by atoms with Gasteiger partial charge >= 0.3 is 12.1 Å². The average molecular weight is 253 g/mol. The van der Waals surface area contributed by atoms with Gasteiger partial charge in [0.05, 0.1) is 5.92 Å². The van der Waals surface area contributed by atoms with Gasteiger partial charge in [0, 0.05) is 12.5 Å². The SMILES string of the molecule is O=C(O)CCCNC1CCC(C(F)(F)F)CC1. The molecule has 6 heteroatoms. The minimum Gasteiger partial charge on any atom is -0.481 e. The van der Waals surface area contributed by atoms with Crippen LogP contribution in [-0.2, 0) is 4.79 Å². The monoisotopic (exact) mass is 253 g/mol. The lowest BCUT2D eigenvalue weighted by Crippen LogP contribution is -2.37. The molecule has 0 aromatic carbocycles. The van der Waals surface area contributed by atoms with Crippen LogP contribution in [-0.4, -0.2) is 29.8 Å². The number of carboxylic acids is 1. The van der Waals surface area contributed by atoms with Crippen LogP contribution in [0.4, 0.5) is 13.2 Å². The fourth-order valence-corrected chi connectivity index (χ4v) is 2.17. The normalized spacial score (nSPS) is 25.8. The van der Waals surface area contributed by atoms with Crippen molar-refractivity contribution in [2.75, 3.05) is 6.54 Å². The van der Waals surface area contributed by atoms with Gasteiger partial charge in [-0.05, 0) is 38.6 Å². The summed E-state index contributed by atoms with van der Waals surface area (Å²) in [6, 6.07) is 0.113. The zero-order valence-corrected chi connectivity index (χ0v) is 9.59. The van der Waals surface area contributed by atoms with E-state index in [0.717, 1.165) is 0 Å². The van der Waals surface area contributed by atoms with Gasteiger partial charge in [0.25, 0.3) is 0 Å². The van der Waals surface area contributed by atoms with Crippen LogP contribution in [0.15, 0.2) is 0 Å². The number of halogens is 3. The Morgan fingerprint density at radius 3 is 2.29 bits per heavy atom. The summed E-state index contributed by atoms with van der Waals surface area (Å²) >= 11 is 0. The molecule has 0 aromatic heterocycles. The van der Waals surface area contributed by atoms with Crippen LogP contribution in [0, 0.1) is 5.92 Å². The van der Waals surface area contributed by atoms with E-state index in [1.54, 1.807) is 0 Å². The summed E-state index contributed by atoms with van der Waals surface area (Å²) in [5.74, 6) is -1.99. The van der Waals surface area contributed by atoms with E-state index in [4.69, 9.17) is 5.11 Å². The van der Waals surface area contributed by atoms with E-state index in [1.807, 2.05) is 0 Å². The smallest absolute Gasteiger partial charge is 0.391 e. The number of rotatable bonds is 5. The Morgan fingerprint density at radius 1 is 1.24 bits per heavy atom. The molecule has 0 heterocycles. The highest BCUT2D eigenvalue weighted by Crippen LogP contribution is 2.37. The zero-order chi connectivity index (χ0) is 12.9. The van der Waals surface area contributed by atoms with Crippen molar-refractivity contribution >= 4 is 5.97 Å². The molecule has 1 aliphatic carbocycles. The minimum absolute atomic E-state index is 0.102. The molecular formula is C11H18F3NO2. The van der Waals surface area contributed by atoms with Crippen LogP contribution in [0.25, 0.3) is 0 Å². The maximum absolute atomic E-state index is 12.4. The molecule has 0 atom stereocenters. The summed E-state index contributed by atoms with van der Waals surface area (Å²) in [7, 11) is 0. The first kappa shape index (κ1) is 14.3. The van der Waals surface area contributed by atoms with Gasteiger partial charge in [0.2, 0.25) is 0 Å². The number of hydrogen-bond acceptors (Lipinski definition) is 2. The van der Waals surface area contributed by atoms with E-state index in [0.29, 0.717) is 25.8 Å². The first-order chi connectivity index (χ1) is 7.89. The quantitative estimate of drug-likeness (QED) is 0.740. The minimum atomic E-state index is -4.06. The summed E-state index contributed by atoms with van der Waals surface area (Å²) in [4.78, 5) is 10.3. The molecular weight excluding hydrogens is 235 g/mol. The van der Waals surface area contributed by atoms with Gasteiger partial charge in [-0.15, -0.1) is 0 Å². The van der Waals surface area contributed by atoms with Gasteiger partial charge in [0.15, 0.2) is 0 Å². The first-order valence-corrected chi connectivity index (χ1v) is 5.91. The number of aliphatic carboxylic acids is 1. The van der Waals surface area contributed by atoms with Crippen LogP contribution in [0.2, 0.25) is 0 Å². The van der Waals surface area contributed by atoms with Crippen molar-refractivity contribution in [3.05, 3.63) is 0 Å². The number of alkyl halides is 3. The Labute approximate surface area is 98.4 Å². The topological polar surface area (TPSA) is 49.3 Å². The van der Waals surface area contributed by atoms with E-state index in [1.165, 1.54) is 0 Å². The van der Waals surface area contributed by atoms with Crippen LogP contribution in [0.5, 0.6) is 0 Å². The summed E-state index contributed by atoms with van der Waals surface area (Å²) in [5, 5.41) is 11.5. The van der Waals surface area contributed by atoms with Crippen LogP contribution in [0.3, 0.4) is 0 Å².